The summed E-state index contributed by atoms with van der Waals surface area (Å²) in [6, 6.07) is 3.95. The monoisotopic (exact) mass is 256 g/mol. The average Bonchev–Trinajstić information content (AvgIpc) is 2.19. The summed E-state index contributed by atoms with van der Waals surface area (Å²) in [7, 11) is 1.40. The van der Waals surface area contributed by atoms with Crippen molar-refractivity contribution in [2.24, 2.45) is 0 Å². The Hall–Kier alpha value is -0.830. The molecule has 0 unspecified atom stereocenters. The molecule has 0 atom stereocenters. The van der Waals surface area contributed by atoms with Gasteiger partial charge in [-0.1, -0.05) is 28.1 Å². The van der Waals surface area contributed by atoms with Crippen LogP contribution in [0, 0.1) is 13.8 Å². The number of hydrogen-bond donors (Lipinski definition) is 0. The smallest absolute Gasteiger partial charge is 0.338 e. The molecule has 0 saturated heterocycles. The van der Waals surface area contributed by atoms with Crippen molar-refractivity contribution < 1.29 is 9.53 Å². The van der Waals surface area contributed by atoms with Gasteiger partial charge in [0.15, 0.2) is 0 Å². The van der Waals surface area contributed by atoms with Gasteiger partial charge in [-0.05, 0) is 30.5 Å². The number of alkyl halides is 1. The lowest BCUT2D eigenvalue weighted by Crippen LogP contribution is -2.08. The van der Waals surface area contributed by atoms with Crippen LogP contribution in [0.2, 0.25) is 0 Å². The standard InChI is InChI=1S/C11H13BrO2/c1-7-4-5-8(2)10(9(7)6-12)11(13)14-3/h4-5H,6H2,1-3H3. The zero-order valence-electron chi connectivity index (χ0n) is 8.56. The molecule has 1 rings (SSSR count). The first-order valence-electron chi connectivity index (χ1n) is 4.35. The Kier molecular flexibility index (Phi) is 3.69. The van der Waals surface area contributed by atoms with Crippen LogP contribution >= 0.6 is 15.9 Å². The van der Waals surface area contributed by atoms with Crippen molar-refractivity contribution >= 4 is 21.9 Å². The van der Waals surface area contributed by atoms with Crippen LogP contribution in [0.25, 0.3) is 0 Å². The predicted molar refractivity (Wildman–Crippen MR) is 59.9 cm³/mol. The number of rotatable bonds is 2. The molecular weight excluding hydrogens is 244 g/mol. The first-order valence-corrected chi connectivity index (χ1v) is 5.47. The molecule has 0 amide bonds. The quantitative estimate of drug-likeness (QED) is 0.601. The van der Waals surface area contributed by atoms with Crippen molar-refractivity contribution in [2.75, 3.05) is 7.11 Å². The number of carbonyl (C=O) groups excluding carboxylic acids is 1. The number of aryl methyl sites for hydroxylation is 2. The number of carbonyl (C=O) groups is 1. The molecule has 0 aliphatic heterocycles. The fraction of sp³-hybridized carbons (Fsp3) is 0.364. The zero-order valence-corrected chi connectivity index (χ0v) is 10.1. The molecule has 0 N–H and O–H groups in total. The van der Waals surface area contributed by atoms with Gasteiger partial charge in [0, 0.05) is 5.33 Å². The largest absolute Gasteiger partial charge is 0.465 e. The third-order valence-corrected chi connectivity index (χ3v) is 2.84. The minimum atomic E-state index is -0.263. The molecule has 0 spiro atoms. The number of hydrogen-bond acceptors (Lipinski definition) is 2. The highest BCUT2D eigenvalue weighted by molar-refractivity contribution is 9.08. The molecule has 3 heteroatoms. The van der Waals surface area contributed by atoms with Crippen molar-refractivity contribution in [1.29, 1.82) is 0 Å². The fourth-order valence-electron chi connectivity index (χ4n) is 1.43. The summed E-state index contributed by atoms with van der Waals surface area (Å²) in [5.74, 6) is -0.263. The number of ether oxygens (including phenoxy) is 1. The third kappa shape index (κ3) is 1.98. The minimum absolute atomic E-state index is 0.263. The molecule has 0 bridgehead atoms. The molecule has 0 saturated carbocycles. The Morgan fingerprint density at radius 2 is 1.93 bits per heavy atom. The van der Waals surface area contributed by atoms with E-state index in [9.17, 15) is 4.79 Å². The summed E-state index contributed by atoms with van der Waals surface area (Å²) in [5, 5.41) is 0.672. The lowest BCUT2D eigenvalue weighted by Gasteiger charge is -2.11. The normalized spacial score (nSPS) is 10.0. The van der Waals surface area contributed by atoms with Gasteiger partial charge in [-0.3, -0.25) is 0 Å². The maximum atomic E-state index is 11.5. The first kappa shape index (κ1) is 11.2. The summed E-state index contributed by atoms with van der Waals surface area (Å²) in [5.41, 5.74) is 3.76. The van der Waals surface area contributed by atoms with Gasteiger partial charge in [-0.2, -0.15) is 0 Å². The Bertz CT molecular complexity index is 359. The summed E-state index contributed by atoms with van der Waals surface area (Å²) < 4.78 is 4.75. The summed E-state index contributed by atoms with van der Waals surface area (Å²) in [4.78, 5) is 11.5. The molecule has 1 aromatic carbocycles. The van der Waals surface area contributed by atoms with E-state index in [2.05, 4.69) is 15.9 Å². The van der Waals surface area contributed by atoms with Gasteiger partial charge in [0.05, 0.1) is 12.7 Å². The van der Waals surface area contributed by atoms with E-state index in [-0.39, 0.29) is 5.97 Å². The summed E-state index contributed by atoms with van der Waals surface area (Å²) in [6.45, 7) is 3.90. The van der Waals surface area contributed by atoms with Crippen molar-refractivity contribution in [2.45, 2.75) is 19.2 Å². The van der Waals surface area contributed by atoms with Gasteiger partial charge in [0.1, 0.15) is 0 Å². The molecular formula is C11H13BrO2. The Labute approximate surface area is 92.4 Å². The van der Waals surface area contributed by atoms with Crippen molar-refractivity contribution in [3.8, 4) is 0 Å². The van der Waals surface area contributed by atoms with Crippen LogP contribution in [0.3, 0.4) is 0 Å². The van der Waals surface area contributed by atoms with E-state index in [0.717, 1.165) is 16.7 Å². The second-order valence-corrected chi connectivity index (χ2v) is 3.74. The lowest BCUT2D eigenvalue weighted by atomic mass is 9.99. The van der Waals surface area contributed by atoms with Crippen LogP contribution in [-0.4, -0.2) is 13.1 Å². The molecule has 2 nitrogen and oxygen atoms in total. The molecule has 0 fully saturated rings. The highest BCUT2D eigenvalue weighted by Crippen LogP contribution is 2.21. The topological polar surface area (TPSA) is 26.3 Å². The number of benzene rings is 1. The van der Waals surface area contributed by atoms with Gasteiger partial charge >= 0.3 is 5.97 Å². The maximum Gasteiger partial charge on any atom is 0.338 e. The molecule has 76 valence electrons. The van der Waals surface area contributed by atoms with Gasteiger partial charge < -0.3 is 4.74 Å². The molecule has 14 heavy (non-hydrogen) atoms. The van der Waals surface area contributed by atoms with Crippen LogP contribution < -0.4 is 0 Å². The Morgan fingerprint density at radius 1 is 1.36 bits per heavy atom. The predicted octanol–water partition coefficient (Wildman–Crippen LogP) is 2.98. The first-order chi connectivity index (χ1) is 6.61. The molecule has 0 aromatic heterocycles. The van der Waals surface area contributed by atoms with Crippen LogP contribution in [0.5, 0.6) is 0 Å². The SMILES string of the molecule is COC(=O)c1c(C)ccc(C)c1CBr. The highest BCUT2D eigenvalue weighted by Gasteiger charge is 2.15. The van der Waals surface area contributed by atoms with E-state index in [1.807, 2.05) is 26.0 Å². The van der Waals surface area contributed by atoms with Crippen molar-refractivity contribution in [3.05, 3.63) is 34.4 Å². The highest BCUT2D eigenvalue weighted by atomic mass is 79.9. The summed E-state index contributed by atoms with van der Waals surface area (Å²) >= 11 is 3.38. The average molecular weight is 257 g/mol. The third-order valence-electron chi connectivity index (χ3n) is 2.28. The van der Waals surface area contributed by atoms with E-state index in [0.29, 0.717) is 10.9 Å². The van der Waals surface area contributed by atoms with Gasteiger partial charge in [-0.15, -0.1) is 0 Å². The molecule has 0 heterocycles. The van der Waals surface area contributed by atoms with Crippen molar-refractivity contribution in [3.63, 3.8) is 0 Å². The van der Waals surface area contributed by atoms with E-state index in [1.165, 1.54) is 7.11 Å². The van der Waals surface area contributed by atoms with Gasteiger partial charge in [0.2, 0.25) is 0 Å². The molecule has 0 radical (unpaired) electrons. The maximum absolute atomic E-state index is 11.5. The zero-order chi connectivity index (χ0) is 10.7. The number of halogens is 1. The number of methoxy groups -OCH3 is 1. The van der Waals surface area contributed by atoms with Crippen LogP contribution in [0.15, 0.2) is 12.1 Å². The van der Waals surface area contributed by atoms with Crippen LogP contribution in [0.1, 0.15) is 27.0 Å². The van der Waals surface area contributed by atoms with Gasteiger partial charge in [0.25, 0.3) is 0 Å². The van der Waals surface area contributed by atoms with E-state index in [4.69, 9.17) is 4.74 Å². The van der Waals surface area contributed by atoms with Crippen molar-refractivity contribution in [1.82, 2.24) is 0 Å². The fourth-order valence-corrected chi connectivity index (χ4v) is 2.15. The second-order valence-electron chi connectivity index (χ2n) is 3.18. The molecule has 0 aliphatic rings. The molecule has 1 aromatic rings. The van der Waals surface area contributed by atoms with E-state index in [1.54, 1.807) is 0 Å². The van der Waals surface area contributed by atoms with E-state index < -0.39 is 0 Å². The lowest BCUT2D eigenvalue weighted by molar-refractivity contribution is 0.0599. The number of esters is 1. The minimum Gasteiger partial charge on any atom is -0.465 e. The van der Waals surface area contributed by atoms with Crippen LogP contribution in [0.4, 0.5) is 0 Å². The Morgan fingerprint density at radius 3 is 2.43 bits per heavy atom. The summed E-state index contributed by atoms with van der Waals surface area (Å²) in [6.07, 6.45) is 0. The van der Waals surface area contributed by atoms with E-state index >= 15 is 0 Å². The Balaban J connectivity index is 3.37. The second kappa shape index (κ2) is 4.60. The van der Waals surface area contributed by atoms with Crippen LogP contribution in [-0.2, 0) is 10.1 Å². The van der Waals surface area contributed by atoms with Gasteiger partial charge in [-0.25, -0.2) is 4.79 Å². The molecule has 0 aliphatic carbocycles.